The molecule has 6 heteroatoms. The summed E-state index contributed by atoms with van der Waals surface area (Å²) in [5.41, 5.74) is 1.27. The van der Waals surface area contributed by atoms with Crippen molar-refractivity contribution in [3.05, 3.63) is 51.4 Å². The van der Waals surface area contributed by atoms with Crippen LogP contribution in [0.3, 0.4) is 0 Å². The fourth-order valence-corrected chi connectivity index (χ4v) is 2.74. The first-order chi connectivity index (χ1) is 9.51. The molecule has 0 saturated carbocycles. The van der Waals surface area contributed by atoms with E-state index in [2.05, 4.69) is 10.1 Å². The Bertz CT molecular complexity index is 649. The molecule has 1 amide bonds. The summed E-state index contributed by atoms with van der Waals surface area (Å²) in [7, 11) is 1.33. The standard InChI is InChI=1S/C14H12ClNO3S/c1-8-7-11(20-12(8)14(18)19-2)16-13(17)9-3-5-10(15)6-4-9/h3-7H,1-2H3,(H,16,17). The molecule has 0 aliphatic heterocycles. The Balaban J connectivity index is 2.16. The van der Waals surface area contributed by atoms with Gasteiger partial charge in [0.2, 0.25) is 0 Å². The van der Waals surface area contributed by atoms with Crippen LogP contribution >= 0.6 is 22.9 Å². The van der Waals surface area contributed by atoms with E-state index in [1.54, 1.807) is 37.3 Å². The predicted octanol–water partition coefficient (Wildman–Crippen LogP) is 3.75. The number of thiophene rings is 1. The highest BCUT2D eigenvalue weighted by Gasteiger charge is 2.15. The average molecular weight is 310 g/mol. The molecule has 1 heterocycles. The highest BCUT2D eigenvalue weighted by molar-refractivity contribution is 7.18. The molecule has 20 heavy (non-hydrogen) atoms. The van der Waals surface area contributed by atoms with E-state index in [9.17, 15) is 9.59 Å². The Morgan fingerprint density at radius 1 is 1.25 bits per heavy atom. The maximum Gasteiger partial charge on any atom is 0.348 e. The number of nitrogens with one attached hydrogen (secondary N) is 1. The first-order valence-electron chi connectivity index (χ1n) is 5.77. The molecule has 1 aromatic heterocycles. The minimum absolute atomic E-state index is 0.251. The lowest BCUT2D eigenvalue weighted by Crippen LogP contribution is -2.10. The van der Waals surface area contributed by atoms with Crippen LogP contribution in [0.25, 0.3) is 0 Å². The normalized spacial score (nSPS) is 10.2. The molecular weight excluding hydrogens is 298 g/mol. The van der Waals surface area contributed by atoms with Gasteiger partial charge in [0.15, 0.2) is 0 Å². The van der Waals surface area contributed by atoms with Crippen LogP contribution in [0.4, 0.5) is 5.00 Å². The van der Waals surface area contributed by atoms with Gasteiger partial charge in [-0.05, 0) is 42.8 Å². The third-order valence-electron chi connectivity index (χ3n) is 2.63. The number of amides is 1. The van der Waals surface area contributed by atoms with Crippen molar-refractivity contribution in [2.45, 2.75) is 6.92 Å². The molecule has 0 aliphatic rings. The number of carbonyl (C=O) groups is 2. The number of benzene rings is 1. The largest absolute Gasteiger partial charge is 0.465 e. The second-order valence-electron chi connectivity index (χ2n) is 4.08. The van der Waals surface area contributed by atoms with Gasteiger partial charge in [-0.25, -0.2) is 4.79 Å². The minimum Gasteiger partial charge on any atom is -0.465 e. The molecule has 4 nitrogen and oxygen atoms in total. The number of hydrogen-bond acceptors (Lipinski definition) is 4. The van der Waals surface area contributed by atoms with Gasteiger partial charge in [0.25, 0.3) is 5.91 Å². The lowest BCUT2D eigenvalue weighted by molar-refractivity contribution is 0.0605. The number of carbonyl (C=O) groups excluding carboxylic acids is 2. The second kappa shape index (κ2) is 6.07. The average Bonchev–Trinajstić information content (AvgIpc) is 2.79. The quantitative estimate of drug-likeness (QED) is 0.879. The van der Waals surface area contributed by atoms with E-state index >= 15 is 0 Å². The van der Waals surface area contributed by atoms with E-state index in [0.29, 0.717) is 20.5 Å². The number of hydrogen-bond donors (Lipinski definition) is 1. The number of rotatable bonds is 3. The number of ether oxygens (including phenoxy) is 1. The van der Waals surface area contributed by atoms with Crippen molar-refractivity contribution >= 4 is 39.8 Å². The van der Waals surface area contributed by atoms with Gasteiger partial charge in [-0.15, -0.1) is 11.3 Å². The summed E-state index contributed by atoms with van der Waals surface area (Å²) in [6.45, 7) is 1.79. The molecule has 1 aromatic carbocycles. The molecule has 0 spiro atoms. The molecule has 0 unspecified atom stereocenters. The molecule has 0 atom stereocenters. The van der Waals surface area contributed by atoms with Gasteiger partial charge in [-0.1, -0.05) is 11.6 Å². The molecule has 0 bridgehead atoms. The Labute approximate surface area is 125 Å². The number of aryl methyl sites for hydroxylation is 1. The van der Waals surface area contributed by atoms with Crippen molar-refractivity contribution in [1.82, 2.24) is 0 Å². The van der Waals surface area contributed by atoms with Crippen LogP contribution in [-0.4, -0.2) is 19.0 Å². The summed E-state index contributed by atoms with van der Waals surface area (Å²) in [5.74, 6) is -0.654. The lowest BCUT2D eigenvalue weighted by atomic mass is 10.2. The van der Waals surface area contributed by atoms with E-state index in [-0.39, 0.29) is 5.91 Å². The summed E-state index contributed by atoms with van der Waals surface area (Å²) in [5, 5.41) is 3.92. The van der Waals surface area contributed by atoms with Crippen molar-refractivity contribution < 1.29 is 14.3 Å². The van der Waals surface area contributed by atoms with Gasteiger partial charge in [0.1, 0.15) is 4.88 Å². The van der Waals surface area contributed by atoms with E-state index in [0.717, 1.165) is 5.56 Å². The zero-order valence-corrected chi connectivity index (χ0v) is 12.5. The van der Waals surface area contributed by atoms with Crippen LogP contribution < -0.4 is 5.32 Å². The number of anilines is 1. The van der Waals surface area contributed by atoms with Crippen molar-refractivity contribution in [3.8, 4) is 0 Å². The van der Waals surface area contributed by atoms with Gasteiger partial charge >= 0.3 is 5.97 Å². The molecule has 0 radical (unpaired) electrons. The Kier molecular flexibility index (Phi) is 4.42. The summed E-state index contributed by atoms with van der Waals surface area (Å²) in [4.78, 5) is 24.0. The first kappa shape index (κ1) is 14.6. The first-order valence-corrected chi connectivity index (χ1v) is 6.96. The van der Waals surface area contributed by atoms with Crippen LogP contribution in [-0.2, 0) is 4.74 Å². The summed E-state index contributed by atoms with van der Waals surface area (Å²) in [6.07, 6.45) is 0. The monoisotopic (exact) mass is 309 g/mol. The summed E-state index contributed by atoms with van der Waals surface area (Å²) >= 11 is 6.96. The highest BCUT2D eigenvalue weighted by Crippen LogP contribution is 2.27. The van der Waals surface area contributed by atoms with Crippen molar-refractivity contribution in [1.29, 1.82) is 0 Å². The van der Waals surface area contributed by atoms with E-state index in [1.165, 1.54) is 18.4 Å². The van der Waals surface area contributed by atoms with Crippen molar-refractivity contribution in [2.24, 2.45) is 0 Å². The number of esters is 1. The zero-order chi connectivity index (χ0) is 14.7. The third-order valence-corrected chi connectivity index (χ3v) is 4.02. The molecule has 2 aromatic rings. The zero-order valence-electron chi connectivity index (χ0n) is 10.9. The van der Waals surface area contributed by atoms with Gasteiger partial charge in [-0.2, -0.15) is 0 Å². The van der Waals surface area contributed by atoms with Crippen molar-refractivity contribution in [3.63, 3.8) is 0 Å². The summed E-state index contributed by atoms with van der Waals surface area (Å²) in [6, 6.07) is 8.31. The molecular formula is C14H12ClNO3S. The van der Waals surface area contributed by atoms with E-state index in [4.69, 9.17) is 11.6 Å². The number of methoxy groups -OCH3 is 1. The van der Waals surface area contributed by atoms with Crippen LogP contribution in [0, 0.1) is 6.92 Å². The van der Waals surface area contributed by atoms with Crippen LogP contribution in [0.1, 0.15) is 25.6 Å². The summed E-state index contributed by atoms with van der Waals surface area (Å²) < 4.78 is 4.68. The molecule has 1 N–H and O–H groups in total. The fraction of sp³-hybridized carbons (Fsp3) is 0.143. The number of halogens is 1. The second-order valence-corrected chi connectivity index (χ2v) is 5.56. The van der Waals surface area contributed by atoms with E-state index in [1.807, 2.05) is 0 Å². The topological polar surface area (TPSA) is 55.4 Å². The van der Waals surface area contributed by atoms with Gasteiger partial charge in [0.05, 0.1) is 12.1 Å². The Morgan fingerprint density at radius 3 is 2.50 bits per heavy atom. The van der Waals surface area contributed by atoms with Crippen molar-refractivity contribution in [2.75, 3.05) is 12.4 Å². The predicted molar refractivity (Wildman–Crippen MR) is 79.8 cm³/mol. The molecule has 0 aliphatic carbocycles. The van der Waals surface area contributed by atoms with Gasteiger partial charge < -0.3 is 10.1 Å². The molecule has 0 saturated heterocycles. The minimum atomic E-state index is -0.403. The highest BCUT2D eigenvalue weighted by atomic mass is 35.5. The molecule has 0 fully saturated rings. The molecule has 104 valence electrons. The maximum absolute atomic E-state index is 12.0. The van der Waals surface area contributed by atoms with Crippen LogP contribution in [0.15, 0.2) is 30.3 Å². The van der Waals surface area contributed by atoms with Crippen LogP contribution in [0.5, 0.6) is 0 Å². The fourth-order valence-electron chi connectivity index (χ4n) is 1.62. The SMILES string of the molecule is COC(=O)c1sc(NC(=O)c2ccc(Cl)cc2)cc1C. The van der Waals surface area contributed by atoms with Gasteiger partial charge in [0, 0.05) is 10.6 Å². The lowest BCUT2D eigenvalue weighted by Gasteiger charge is -2.02. The maximum atomic E-state index is 12.0. The van der Waals surface area contributed by atoms with Gasteiger partial charge in [-0.3, -0.25) is 4.79 Å². The third kappa shape index (κ3) is 3.18. The Hall–Kier alpha value is -1.85. The van der Waals surface area contributed by atoms with E-state index < -0.39 is 5.97 Å². The Morgan fingerprint density at radius 2 is 1.90 bits per heavy atom. The van der Waals surface area contributed by atoms with Crippen LogP contribution in [0.2, 0.25) is 5.02 Å². The smallest absolute Gasteiger partial charge is 0.348 e. The molecule has 2 rings (SSSR count).